The second kappa shape index (κ2) is 6.22. The van der Waals surface area contributed by atoms with Gasteiger partial charge in [-0.1, -0.05) is 12.2 Å². The average molecular weight is 304 g/mol. The molecule has 1 unspecified atom stereocenters. The minimum Gasteiger partial charge on any atom is -0.391 e. The second-order valence-corrected chi connectivity index (χ2v) is 6.61. The van der Waals surface area contributed by atoms with Gasteiger partial charge in [0.15, 0.2) is 0 Å². The van der Waals surface area contributed by atoms with Crippen molar-refractivity contribution in [2.75, 3.05) is 6.54 Å². The minimum atomic E-state index is -0.512. The highest BCUT2D eigenvalue weighted by molar-refractivity contribution is 5.84. The number of nitrogens with two attached hydrogens (primary N) is 1. The van der Waals surface area contributed by atoms with Crippen molar-refractivity contribution in [3.63, 3.8) is 0 Å². The molecular weight excluding hydrogens is 280 g/mol. The fraction of sp³-hybridized carbons (Fsp3) is 0.625. The number of aliphatic hydroxyl groups excluding tert-OH is 1. The third-order valence-electron chi connectivity index (χ3n) is 5.03. The molecule has 1 saturated carbocycles. The van der Waals surface area contributed by atoms with Gasteiger partial charge in [0.1, 0.15) is 0 Å². The van der Waals surface area contributed by atoms with Gasteiger partial charge in [0.2, 0.25) is 5.91 Å². The molecule has 4 N–H and O–H groups in total. The Labute approximate surface area is 130 Å². The number of hydrogen-bond acceptors (Lipinski definition) is 4. The van der Waals surface area contributed by atoms with Gasteiger partial charge < -0.3 is 20.7 Å². The summed E-state index contributed by atoms with van der Waals surface area (Å²) in [5.74, 6) is 0.331. The maximum Gasteiger partial charge on any atom is 0.228 e. The first-order valence-electron chi connectivity index (χ1n) is 7.93. The number of imidazole rings is 1. The van der Waals surface area contributed by atoms with E-state index in [4.69, 9.17) is 5.73 Å². The van der Waals surface area contributed by atoms with Crippen LogP contribution >= 0.6 is 0 Å². The van der Waals surface area contributed by atoms with Gasteiger partial charge in [-0.25, -0.2) is 4.98 Å². The van der Waals surface area contributed by atoms with Gasteiger partial charge in [0.25, 0.3) is 0 Å². The maximum atomic E-state index is 12.6. The number of nitrogens with zero attached hydrogens (tertiary/aromatic N) is 2. The van der Waals surface area contributed by atoms with Crippen LogP contribution in [0, 0.1) is 11.3 Å². The maximum absolute atomic E-state index is 12.6. The first kappa shape index (κ1) is 15.2. The molecule has 2 aliphatic rings. The predicted octanol–water partition coefficient (Wildman–Crippen LogP) is 0.434. The Kier molecular flexibility index (Phi) is 4.31. The van der Waals surface area contributed by atoms with E-state index in [0.717, 1.165) is 13.0 Å². The van der Waals surface area contributed by atoms with E-state index < -0.39 is 11.5 Å². The second-order valence-electron chi connectivity index (χ2n) is 6.61. The van der Waals surface area contributed by atoms with Gasteiger partial charge in [-0.15, -0.1) is 0 Å². The summed E-state index contributed by atoms with van der Waals surface area (Å²) in [4.78, 5) is 16.6. The number of nitrogens with one attached hydrogen (secondary N) is 1. The van der Waals surface area contributed by atoms with Gasteiger partial charge in [-0.3, -0.25) is 4.79 Å². The molecule has 1 amide bonds. The molecular formula is C16H24N4O2. The van der Waals surface area contributed by atoms with E-state index in [1.165, 1.54) is 0 Å². The fourth-order valence-electron chi connectivity index (χ4n) is 3.58. The summed E-state index contributed by atoms with van der Waals surface area (Å²) in [6.45, 7) is 1.17. The predicted molar refractivity (Wildman–Crippen MR) is 82.7 cm³/mol. The van der Waals surface area contributed by atoms with Crippen molar-refractivity contribution in [1.29, 1.82) is 0 Å². The molecule has 2 aliphatic carbocycles. The van der Waals surface area contributed by atoms with Crippen LogP contribution in [0.2, 0.25) is 0 Å². The largest absolute Gasteiger partial charge is 0.391 e. The molecule has 0 radical (unpaired) electrons. The smallest absolute Gasteiger partial charge is 0.228 e. The molecule has 22 heavy (non-hydrogen) atoms. The lowest BCUT2D eigenvalue weighted by atomic mass is 9.84. The van der Waals surface area contributed by atoms with E-state index in [-0.39, 0.29) is 11.9 Å². The van der Waals surface area contributed by atoms with E-state index in [9.17, 15) is 9.90 Å². The number of rotatable bonds is 5. The van der Waals surface area contributed by atoms with Crippen molar-refractivity contribution >= 4 is 5.91 Å². The quantitative estimate of drug-likeness (QED) is 0.688. The van der Waals surface area contributed by atoms with Crippen LogP contribution in [0.25, 0.3) is 0 Å². The Bertz CT molecular complexity index is 532. The standard InChI is InChI=1S/C16H24N4O2/c17-10-16(3-1-2-4-16)15(22)19-13-7-12(8-14(13)21)9-20-6-5-18-11-20/h1-2,5-6,11-14,21H,3-4,7-10,17H2,(H,19,22)/t12?,13-,14-/m1/s1. The molecule has 120 valence electrons. The third-order valence-corrected chi connectivity index (χ3v) is 5.03. The highest BCUT2D eigenvalue weighted by Crippen LogP contribution is 2.34. The Morgan fingerprint density at radius 1 is 1.41 bits per heavy atom. The number of aliphatic hydroxyl groups is 1. The molecule has 1 aromatic rings. The number of hydrogen-bond donors (Lipinski definition) is 3. The molecule has 0 bridgehead atoms. The minimum absolute atomic E-state index is 0.0210. The topological polar surface area (TPSA) is 93.2 Å². The van der Waals surface area contributed by atoms with Gasteiger partial charge in [0.05, 0.1) is 23.9 Å². The van der Waals surface area contributed by atoms with E-state index in [0.29, 0.717) is 31.7 Å². The van der Waals surface area contributed by atoms with Crippen LogP contribution < -0.4 is 11.1 Å². The summed E-state index contributed by atoms with van der Waals surface area (Å²) in [6.07, 6.45) is 11.9. The molecule has 0 aliphatic heterocycles. The summed E-state index contributed by atoms with van der Waals surface area (Å²) in [7, 11) is 0. The zero-order chi connectivity index (χ0) is 15.6. The number of allylic oxidation sites excluding steroid dienone is 2. The Balaban J connectivity index is 1.57. The third kappa shape index (κ3) is 2.94. The first-order chi connectivity index (χ1) is 10.6. The molecule has 3 atom stereocenters. The summed E-state index contributed by atoms with van der Waals surface area (Å²) < 4.78 is 2.02. The van der Waals surface area contributed by atoms with E-state index in [1.807, 2.05) is 22.9 Å². The van der Waals surface area contributed by atoms with Gasteiger partial charge in [-0.2, -0.15) is 0 Å². The Morgan fingerprint density at radius 3 is 2.82 bits per heavy atom. The molecule has 0 spiro atoms. The first-order valence-corrected chi connectivity index (χ1v) is 7.93. The van der Waals surface area contributed by atoms with Crippen molar-refractivity contribution in [2.24, 2.45) is 17.1 Å². The summed E-state index contributed by atoms with van der Waals surface area (Å²) in [5.41, 5.74) is 5.31. The normalized spacial score (nSPS) is 29.8. The SMILES string of the molecule is NCC1(C(=O)N[C@@H]2CC(Cn3ccnc3)C[C@H]2O)CC=CC1. The van der Waals surface area contributed by atoms with Gasteiger partial charge >= 0.3 is 0 Å². The van der Waals surface area contributed by atoms with E-state index in [1.54, 1.807) is 12.5 Å². The Morgan fingerprint density at radius 2 is 2.18 bits per heavy atom. The monoisotopic (exact) mass is 304 g/mol. The fourth-order valence-corrected chi connectivity index (χ4v) is 3.58. The lowest BCUT2D eigenvalue weighted by molar-refractivity contribution is -0.131. The van der Waals surface area contributed by atoms with Crippen LogP contribution in [0.15, 0.2) is 30.9 Å². The molecule has 6 nitrogen and oxygen atoms in total. The van der Waals surface area contributed by atoms with Crippen LogP contribution in [0.1, 0.15) is 25.7 Å². The Hall–Kier alpha value is -1.66. The molecule has 3 rings (SSSR count). The van der Waals surface area contributed by atoms with Crippen molar-refractivity contribution < 1.29 is 9.90 Å². The van der Waals surface area contributed by atoms with Gasteiger partial charge in [0, 0.05) is 25.5 Å². The summed E-state index contributed by atoms with van der Waals surface area (Å²) in [5, 5.41) is 13.3. The lowest BCUT2D eigenvalue weighted by Gasteiger charge is -2.28. The lowest BCUT2D eigenvalue weighted by Crippen LogP contribution is -2.50. The van der Waals surface area contributed by atoms with Crippen LogP contribution in [0.3, 0.4) is 0 Å². The highest BCUT2D eigenvalue weighted by atomic mass is 16.3. The number of aromatic nitrogens is 2. The summed E-state index contributed by atoms with van der Waals surface area (Å²) >= 11 is 0. The number of carbonyl (C=O) groups is 1. The molecule has 1 aromatic heterocycles. The van der Waals surface area contributed by atoms with E-state index in [2.05, 4.69) is 10.3 Å². The number of carbonyl (C=O) groups excluding carboxylic acids is 1. The van der Waals surface area contributed by atoms with Gasteiger partial charge in [-0.05, 0) is 31.6 Å². The van der Waals surface area contributed by atoms with Crippen molar-refractivity contribution in [3.8, 4) is 0 Å². The molecule has 0 saturated heterocycles. The molecule has 6 heteroatoms. The van der Waals surface area contributed by atoms with Crippen LogP contribution in [0.5, 0.6) is 0 Å². The average Bonchev–Trinajstić information content (AvgIpc) is 3.22. The molecule has 1 heterocycles. The van der Waals surface area contributed by atoms with E-state index >= 15 is 0 Å². The highest BCUT2D eigenvalue weighted by Gasteiger charge is 2.41. The van der Waals surface area contributed by atoms with Crippen molar-refractivity contribution in [3.05, 3.63) is 30.9 Å². The molecule has 1 fully saturated rings. The molecule has 0 aromatic carbocycles. The van der Waals surface area contributed by atoms with Crippen molar-refractivity contribution in [1.82, 2.24) is 14.9 Å². The van der Waals surface area contributed by atoms with Crippen LogP contribution in [-0.2, 0) is 11.3 Å². The summed E-state index contributed by atoms with van der Waals surface area (Å²) in [6, 6.07) is -0.176. The number of amides is 1. The zero-order valence-corrected chi connectivity index (χ0v) is 12.7. The zero-order valence-electron chi connectivity index (χ0n) is 12.7. The van der Waals surface area contributed by atoms with Crippen LogP contribution in [0.4, 0.5) is 0 Å². The van der Waals surface area contributed by atoms with Crippen molar-refractivity contribution in [2.45, 2.75) is 44.4 Å². The van der Waals surface area contributed by atoms with Crippen LogP contribution in [-0.4, -0.2) is 39.3 Å².